The number of nitrogens with zero attached hydrogens (tertiary/aromatic N) is 1. The lowest BCUT2D eigenvalue weighted by molar-refractivity contribution is -0.118. The summed E-state index contributed by atoms with van der Waals surface area (Å²) in [5.41, 5.74) is 1.91. The van der Waals surface area contributed by atoms with Crippen molar-refractivity contribution in [2.75, 3.05) is 30.0 Å². The van der Waals surface area contributed by atoms with E-state index in [0.29, 0.717) is 6.54 Å². The Bertz CT molecular complexity index is 598. The quantitative estimate of drug-likeness (QED) is 0.893. The summed E-state index contributed by atoms with van der Waals surface area (Å²) in [6.07, 6.45) is 0.198. The highest BCUT2D eigenvalue weighted by Crippen LogP contribution is 2.16. The van der Waals surface area contributed by atoms with Crippen molar-refractivity contribution in [3.8, 4) is 0 Å². The molecule has 0 aromatic heterocycles. The average Bonchev–Trinajstić information content (AvgIpc) is 2.36. The van der Waals surface area contributed by atoms with Crippen molar-refractivity contribution < 1.29 is 13.2 Å². The average molecular weight is 296 g/mol. The molecule has 1 saturated heterocycles. The van der Waals surface area contributed by atoms with Crippen LogP contribution < -0.4 is 10.2 Å². The first-order valence-corrected chi connectivity index (χ1v) is 8.46. The summed E-state index contributed by atoms with van der Waals surface area (Å²) in [4.78, 5) is 13.8. The van der Waals surface area contributed by atoms with Crippen LogP contribution in [-0.2, 0) is 14.6 Å². The van der Waals surface area contributed by atoms with Crippen molar-refractivity contribution >= 4 is 21.4 Å². The van der Waals surface area contributed by atoms with Crippen LogP contribution in [0.3, 0.4) is 0 Å². The van der Waals surface area contributed by atoms with Crippen LogP contribution in [-0.4, -0.2) is 45.5 Å². The number of amides is 1. The number of nitrogens with one attached hydrogen (secondary N) is 1. The standard InChI is InChI=1S/C14H20N2O3S/c1-11-4-3-5-13(8-11)16(2)14(17)9-12-10-20(18,19)7-6-15-12/h3-5,8,12,15H,6-7,9-10H2,1-2H3. The lowest BCUT2D eigenvalue weighted by Gasteiger charge is -2.25. The molecule has 1 aliphatic rings. The van der Waals surface area contributed by atoms with Crippen LogP contribution in [0.4, 0.5) is 5.69 Å². The van der Waals surface area contributed by atoms with E-state index in [0.717, 1.165) is 11.3 Å². The summed E-state index contributed by atoms with van der Waals surface area (Å²) < 4.78 is 23.1. The second kappa shape index (κ2) is 5.93. The summed E-state index contributed by atoms with van der Waals surface area (Å²) >= 11 is 0. The maximum Gasteiger partial charge on any atom is 0.228 e. The molecule has 0 bridgehead atoms. The van der Waals surface area contributed by atoms with E-state index in [9.17, 15) is 13.2 Å². The molecule has 1 amide bonds. The molecule has 110 valence electrons. The van der Waals surface area contributed by atoms with Gasteiger partial charge < -0.3 is 10.2 Å². The fraction of sp³-hybridized carbons (Fsp3) is 0.500. The molecule has 1 unspecified atom stereocenters. The van der Waals surface area contributed by atoms with Crippen LogP contribution in [0.2, 0.25) is 0 Å². The second-order valence-corrected chi connectivity index (χ2v) is 7.49. The van der Waals surface area contributed by atoms with Crippen molar-refractivity contribution in [1.82, 2.24) is 5.32 Å². The summed E-state index contributed by atoms with van der Waals surface area (Å²) in [5.74, 6) is 0.122. The van der Waals surface area contributed by atoms with Crippen molar-refractivity contribution in [3.05, 3.63) is 29.8 Å². The maximum atomic E-state index is 12.2. The Balaban J connectivity index is 2.01. The number of carbonyl (C=O) groups is 1. The van der Waals surface area contributed by atoms with E-state index in [1.54, 1.807) is 11.9 Å². The normalized spacial score (nSPS) is 21.4. The van der Waals surface area contributed by atoms with Gasteiger partial charge in [-0.2, -0.15) is 0 Å². The molecule has 0 radical (unpaired) electrons. The lowest BCUT2D eigenvalue weighted by Crippen LogP contribution is -2.47. The molecule has 1 atom stereocenters. The number of aryl methyl sites for hydroxylation is 1. The Morgan fingerprint density at radius 3 is 2.85 bits per heavy atom. The van der Waals surface area contributed by atoms with E-state index in [4.69, 9.17) is 0 Å². The number of hydrogen-bond acceptors (Lipinski definition) is 4. The van der Waals surface area contributed by atoms with Gasteiger partial charge in [0.05, 0.1) is 11.5 Å². The van der Waals surface area contributed by atoms with Crippen LogP contribution in [0.15, 0.2) is 24.3 Å². The summed E-state index contributed by atoms with van der Waals surface area (Å²) in [6.45, 7) is 2.39. The van der Waals surface area contributed by atoms with E-state index in [-0.39, 0.29) is 29.9 Å². The van der Waals surface area contributed by atoms with Gasteiger partial charge in [0.25, 0.3) is 0 Å². The van der Waals surface area contributed by atoms with E-state index >= 15 is 0 Å². The minimum Gasteiger partial charge on any atom is -0.315 e. The predicted molar refractivity (Wildman–Crippen MR) is 79.7 cm³/mol. The first-order chi connectivity index (χ1) is 9.37. The van der Waals surface area contributed by atoms with E-state index in [1.807, 2.05) is 31.2 Å². The topological polar surface area (TPSA) is 66.5 Å². The van der Waals surface area contributed by atoms with Crippen molar-refractivity contribution in [2.24, 2.45) is 0 Å². The third-order valence-corrected chi connectivity index (χ3v) is 5.22. The first kappa shape index (κ1) is 15.0. The fourth-order valence-corrected chi connectivity index (χ4v) is 3.77. The molecule has 1 aromatic rings. The van der Waals surface area contributed by atoms with Crippen molar-refractivity contribution in [1.29, 1.82) is 0 Å². The first-order valence-electron chi connectivity index (χ1n) is 6.64. The minimum atomic E-state index is -3.01. The molecule has 1 aliphatic heterocycles. The lowest BCUT2D eigenvalue weighted by atomic mass is 10.1. The molecule has 5 nitrogen and oxygen atoms in total. The molecular weight excluding hydrogens is 276 g/mol. The number of rotatable bonds is 3. The highest BCUT2D eigenvalue weighted by Gasteiger charge is 2.27. The molecule has 0 spiro atoms. The predicted octanol–water partition coefficient (Wildman–Crippen LogP) is 0.735. The molecule has 0 aliphatic carbocycles. The summed E-state index contributed by atoms with van der Waals surface area (Å²) in [5, 5.41) is 3.10. The monoisotopic (exact) mass is 296 g/mol. The highest BCUT2D eigenvalue weighted by atomic mass is 32.2. The van der Waals surface area contributed by atoms with Gasteiger partial charge in [0.1, 0.15) is 0 Å². The van der Waals surface area contributed by atoms with Gasteiger partial charge in [-0.1, -0.05) is 12.1 Å². The van der Waals surface area contributed by atoms with Crippen LogP contribution in [0.1, 0.15) is 12.0 Å². The maximum absolute atomic E-state index is 12.2. The van der Waals surface area contributed by atoms with Crippen LogP contribution >= 0.6 is 0 Å². The van der Waals surface area contributed by atoms with Gasteiger partial charge in [-0.3, -0.25) is 4.79 Å². The second-order valence-electron chi connectivity index (χ2n) is 5.26. The molecule has 1 heterocycles. The SMILES string of the molecule is Cc1cccc(N(C)C(=O)CC2CS(=O)(=O)CCN2)c1. The Hall–Kier alpha value is -1.40. The van der Waals surface area contributed by atoms with Gasteiger partial charge in [0, 0.05) is 31.7 Å². The largest absolute Gasteiger partial charge is 0.315 e. The van der Waals surface area contributed by atoms with Gasteiger partial charge in [-0.15, -0.1) is 0 Å². The van der Waals surface area contributed by atoms with E-state index in [2.05, 4.69) is 5.32 Å². The third kappa shape index (κ3) is 3.80. The fourth-order valence-electron chi connectivity index (χ4n) is 2.33. The Morgan fingerprint density at radius 1 is 1.45 bits per heavy atom. The smallest absolute Gasteiger partial charge is 0.228 e. The molecule has 1 aromatic carbocycles. The van der Waals surface area contributed by atoms with E-state index < -0.39 is 9.84 Å². The summed E-state index contributed by atoms with van der Waals surface area (Å²) in [6, 6.07) is 7.39. The van der Waals surface area contributed by atoms with Crippen LogP contribution in [0.25, 0.3) is 0 Å². The Morgan fingerprint density at radius 2 is 2.20 bits per heavy atom. The zero-order valence-corrected chi connectivity index (χ0v) is 12.6. The number of hydrogen-bond donors (Lipinski definition) is 1. The molecule has 1 N–H and O–H groups in total. The third-order valence-electron chi connectivity index (χ3n) is 3.49. The molecule has 6 heteroatoms. The molecule has 1 fully saturated rings. The summed E-state index contributed by atoms with van der Waals surface area (Å²) in [7, 11) is -1.29. The number of benzene rings is 1. The van der Waals surface area contributed by atoms with Gasteiger partial charge in [0.15, 0.2) is 9.84 Å². The van der Waals surface area contributed by atoms with Gasteiger partial charge >= 0.3 is 0 Å². The number of sulfone groups is 1. The van der Waals surface area contributed by atoms with Crippen molar-refractivity contribution in [2.45, 2.75) is 19.4 Å². The van der Waals surface area contributed by atoms with Crippen LogP contribution in [0, 0.1) is 6.92 Å². The molecule has 20 heavy (non-hydrogen) atoms. The van der Waals surface area contributed by atoms with Gasteiger partial charge in [0.2, 0.25) is 5.91 Å². The van der Waals surface area contributed by atoms with E-state index in [1.165, 1.54) is 0 Å². The van der Waals surface area contributed by atoms with Gasteiger partial charge in [-0.05, 0) is 24.6 Å². The van der Waals surface area contributed by atoms with Crippen LogP contribution in [0.5, 0.6) is 0 Å². The minimum absolute atomic E-state index is 0.0421. The molecular formula is C14H20N2O3S. The highest BCUT2D eigenvalue weighted by molar-refractivity contribution is 7.91. The van der Waals surface area contributed by atoms with Gasteiger partial charge in [-0.25, -0.2) is 8.42 Å². The molecule has 0 saturated carbocycles. The molecule has 2 rings (SSSR count). The zero-order valence-electron chi connectivity index (χ0n) is 11.8. The Kier molecular flexibility index (Phi) is 4.45. The number of anilines is 1. The zero-order chi connectivity index (χ0) is 14.8. The Labute approximate surface area is 119 Å². The number of carbonyl (C=O) groups excluding carboxylic acids is 1. The van der Waals surface area contributed by atoms with Crippen molar-refractivity contribution in [3.63, 3.8) is 0 Å².